The maximum atomic E-state index is 11.6. The summed E-state index contributed by atoms with van der Waals surface area (Å²) < 4.78 is 5.23. The zero-order valence-electron chi connectivity index (χ0n) is 9.13. The molecule has 0 aromatic heterocycles. The van der Waals surface area contributed by atoms with E-state index < -0.39 is 0 Å². The second-order valence-corrected chi connectivity index (χ2v) is 4.46. The molecule has 0 N–H and O–H groups in total. The lowest BCUT2D eigenvalue weighted by molar-refractivity contribution is -0.139. The van der Waals surface area contributed by atoms with Gasteiger partial charge in [0, 0.05) is 5.57 Å². The smallest absolute Gasteiger partial charge is 0.333 e. The van der Waals surface area contributed by atoms with Gasteiger partial charge < -0.3 is 4.74 Å². The average Bonchev–Trinajstić information content (AvgIpc) is 2.96. The summed E-state index contributed by atoms with van der Waals surface area (Å²) in [6.07, 6.45) is 8.37. The van der Waals surface area contributed by atoms with Crippen molar-refractivity contribution in [3.8, 4) is 0 Å². The Kier molecular flexibility index (Phi) is 3.24. The third kappa shape index (κ3) is 2.95. The van der Waals surface area contributed by atoms with Gasteiger partial charge in [0.1, 0.15) is 0 Å². The molecule has 0 unspecified atom stereocenters. The Labute approximate surface area is 91.0 Å². The van der Waals surface area contributed by atoms with Gasteiger partial charge >= 0.3 is 5.97 Å². The van der Waals surface area contributed by atoms with Crippen molar-refractivity contribution in [3.05, 3.63) is 23.8 Å². The molecule has 0 spiro atoms. The molecule has 0 aliphatic heterocycles. The first kappa shape index (κ1) is 10.5. The fourth-order valence-corrected chi connectivity index (χ4v) is 1.97. The first-order valence-electron chi connectivity index (χ1n) is 5.81. The van der Waals surface area contributed by atoms with E-state index in [4.69, 9.17) is 4.74 Å². The van der Waals surface area contributed by atoms with E-state index in [-0.39, 0.29) is 5.97 Å². The van der Waals surface area contributed by atoms with E-state index in [1.807, 2.05) is 6.08 Å². The van der Waals surface area contributed by atoms with Gasteiger partial charge in [-0.3, -0.25) is 0 Å². The Hall–Kier alpha value is -1.05. The molecule has 15 heavy (non-hydrogen) atoms. The summed E-state index contributed by atoms with van der Waals surface area (Å²) in [4.78, 5) is 11.6. The molecule has 0 bridgehead atoms. The maximum absolute atomic E-state index is 11.6. The van der Waals surface area contributed by atoms with Crippen LogP contribution in [0.4, 0.5) is 0 Å². The highest BCUT2D eigenvalue weighted by molar-refractivity contribution is 5.88. The third-order valence-electron chi connectivity index (χ3n) is 3.18. The Balaban J connectivity index is 1.67. The lowest BCUT2D eigenvalue weighted by atomic mass is 10.00. The van der Waals surface area contributed by atoms with E-state index in [2.05, 4.69) is 6.58 Å². The van der Waals surface area contributed by atoms with E-state index in [9.17, 15) is 4.79 Å². The molecule has 2 aliphatic rings. The largest absolute Gasteiger partial charge is 0.462 e. The van der Waals surface area contributed by atoms with Gasteiger partial charge in [0.15, 0.2) is 0 Å². The number of carbonyl (C=O) groups excluding carboxylic acids is 1. The van der Waals surface area contributed by atoms with Gasteiger partial charge in [0.05, 0.1) is 6.61 Å². The highest BCUT2D eigenvalue weighted by atomic mass is 16.5. The molecular formula is C13H18O2. The third-order valence-corrected chi connectivity index (χ3v) is 3.18. The second-order valence-electron chi connectivity index (χ2n) is 4.46. The van der Waals surface area contributed by atoms with Crippen molar-refractivity contribution in [3.63, 3.8) is 0 Å². The topological polar surface area (TPSA) is 26.3 Å². The summed E-state index contributed by atoms with van der Waals surface area (Å²) in [6.45, 7) is 4.44. The number of esters is 1. The van der Waals surface area contributed by atoms with Crippen molar-refractivity contribution in [2.75, 3.05) is 6.61 Å². The summed E-state index contributed by atoms with van der Waals surface area (Å²) in [6, 6.07) is 0. The van der Waals surface area contributed by atoms with Crippen LogP contribution in [0.2, 0.25) is 0 Å². The summed E-state index contributed by atoms with van der Waals surface area (Å²) >= 11 is 0. The maximum Gasteiger partial charge on any atom is 0.333 e. The van der Waals surface area contributed by atoms with Crippen LogP contribution in [-0.2, 0) is 9.53 Å². The molecule has 0 aromatic rings. The Morgan fingerprint density at radius 3 is 2.93 bits per heavy atom. The van der Waals surface area contributed by atoms with Crippen LogP contribution in [0.3, 0.4) is 0 Å². The van der Waals surface area contributed by atoms with Gasteiger partial charge in [0.2, 0.25) is 0 Å². The minimum absolute atomic E-state index is 0.0963. The van der Waals surface area contributed by atoms with Gasteiger partial charge in [-0.05, 0) is 44.4 Å². The quantitative estimate of drug-likeness (QED) is 0.522. The van der Waals surface area contributed by atoms with Crippen LogP contribution in [0, 0.1) is 5.92 Å². The van der Waals surface area contributed by atoms with Gasteiger partial charge in [-0.1, -0.05) is 18.2 Å². The number of hydrogen-bond acceptors (Lipinski definition) is 2. The predicted octanol–water partition coefficient (Wildman–Crippen LogP) is 3.00. The van der Waals surface area contributed by atoms with Crippen LogP contribution >= 0.6 is 0 Å². The first-order valence-corrected chi connectivity index (χ1v) is 5.81. The van der Waals surface area contributed by atoms with Crippen LogP contribution < -0.4 is 0 Å². The zero-order valence-corrected chi connectivity index (χ0v) is 9.13. The average molecular weight is 206 g/mol. The van der Waals surface area contributed by atoms with Gasteiger partial charge in [0.25, 0.3) is 0 Å². The molecule has 0 saturated heterocycles. The van der Waals surface area contributed by atoms with Crippen molar-refractivity contribution >= 4 is 5.97 Å². The lowest BCUT2D eigenvalue weighted by Gasteiger charge is -2.11. The monoisotopic (exact) mass is 206 g/mol. The van der Waals surface area contributed by atoms with Gasteiger partial charge in [-0.15, -0.1) is 0 Å². The predicted molar refractivity (Wildman–Crippen MR) is 59.4 cm³/mol. The fourth-order valence-electron chi connectivity index (χ4n) is 1.97. The Bertz CT molecular complexity index is 302. The van der Waals surface area contributed by atoms with Gasteiger partial charge in [-0.25, -0.2) is 4.79 Å². The molecule has 2 nitrogen and oxygen atoms in total. The second kappa shape index (κ2) is 4.65. The molecule has 0 heterocycles. The van der Waals surface area contributed by atoms with Crippen LogP contribution in [0.1, 0.15) is 38.5 Å². The zero-order chi connectivity index (χ0) is 10.7. The van der Waals surface area contributed by atoms with E-state index in [0.717, 1.165) is 37.7 Å². The van der Waals surface area contributed by atoms with Gasteiger partial charge in [-0.2, -0.15) is 0 Å². The normalized spacial score (nSPS) is 24.7. The summed E-state index contributed by atoms with van der Waals surface area (Å²) in [5, 5.41) is 0. The van der Waals surface area contributed by atoms with Crippen molar-refractivity contribution in [1.29, 1.82) is 0 Å². The van der Waals surface area contributed by atoms with Crippen molar-refractivity contribution in [2.24, 2.45) is 5.92 Å². The number of allylic oxidation sites excluding steroid dienone is 2. The lowest BCUT2D eigenvalue weighted by Crippen LogP contribution is -2.11. The number of carbonyl (C=O) groups is 1. The Morgan fingerprint density at radius 1 is 1.53 bits per heavy atom. The molecule has 82 valence electrons. The number of hydrogen-bond donors (Lipinski definition) is 0. The van der Waals surface area contributed by atoms with Crippen molar-refractivity contribution < 1.29 is 9.53 Å². The van der Waals surface area contributed by atoms with E-state index in [1.165, 1.54) is 12.0 Å². The molecule has 0 amide bonds. The van der Waals surface area contributed by atoms with Crippen LogP contribution in [0.15, 0.2) is 23.8 Å². The summed E-state index contributed by atoms with van der Waals surface area (Å²) in [5.74, 6) is 0.527. The molecule has 2 heteroatoms. The molecule has 0 aromatic carbocycles. The van der Waals surface area contributed by atoms with Crippen LogP contribution in [0.25, 0.3) is 0 Å². The molecule has 2 rings (SSSR count). The minimum Gasteiger partial charge on any atom is -0.462 e. The van der Waals surface area contributed by atoms with E-state index >= 15 is 0 Å². The SMILES string of the molecule is C=C1C[C@@H]1CCOC(=O)C1=CCCCC1. The highest BCUT2D eigenvalue weighted by Gasteiger charge is 2.27. The van der Waals surface area contributed by atoms with Crippen molar-refractivity contribution in [2.45, 2.75) is 38.5 Å². The molecule has 1 fully saturated rings. The van der Waals surface area contributed by atoms with E-state index in [0.29, 0.717) is 12.5 Å². The fraction of sp³-hybridized carbons (Fsp3) is 0.615. The molecule has 0 radical (unpaired) electrons. The summed E-state index contributed by atoms with van der Waals surface area (Å²) in [7, 11) is 0. The highest BCUT2D eigenvalue weighted by Crippen LogP contribution is 2.38. The van der Waals surface area contributed by atoms with E-state index in [1.54, 1.807) is 0 Å². The van der Waals surface area contributed by atoms with Crippen LogP contribution in [-0.4, -0.2) is 12.6 Å². The molecular weight excluding hydrogens is 188 g/mol. The van der Waals surface area contributed by atoms with Crippen molar-refractivity contribution in [1.82, 2.24) is 0 Å². The number of ether oxygens (including phenoxy) is 1. The number of rotatable bonds is 4. The molecule has 1 saturated carbocycles. The first-order chi connectivity index (χ1) is 7.27. The molecule has 2 aliphatic carbocycles. The molecule has 1 atom stereocenters. The minimum atomic E-state index is -0.0963. The van der Waals surface area contributed by atoms with Crippen LogP contribution in [0.5, 0.6) is 0 Å². The Morgan fingerprint density at radius 2 is 2.33 bits per heavy atom. The summed E-state index contributed by atoms with van der Waals surface area (Å²) in [5.41, 5.74) is 2.19. The standard InChI is InChI=1S/C13H18O2/c1-10-9-12(10)7-8-15-13(14)11-5-3-2-4-6-11/h5,12H,1-4,6-9H2/t12-/m0/s1.